The van der Waals surface area contributed by atoms with Crippen LogP contribution in [0.15, 0.2) is 22.7 Å². The lowest BCUT2D eigenvalue weighted by atomic mass is 9.95. The van der Waals surface area contributed by atoms with Gasteiger partial charge in [0.1, 0.15) is 5.82 Å². The Kier molecular flexibility index (Phi) is 6.78. The van der Waals surface area contributed by atoms with Crippen LogP contribution in [0.2, 0.25) is 0 Å². The van der Waals surface area contributed by atoms with Crippen molar-refractivity contribution in [2.24, 2.45) is 5.92 Å². The lowest BCUT2D eigenvalue weighted by Crippen LogP contribution is -2.43. The third-order valence-corrected chi connectivity index (χ3v) is 4.95. The van der Waals surface area contributed by atoms with Crippen LogP contribution in [0.4, 0.5) is 4.39 Å². The van der Waals surface area contributed by atoms with Crippen LogP contribution in [-0.4, -0.2) is 41.8 Å². The van der Waals surface area contributed by atoms with Crippen LogP contribution in [0, 0.1) is 11.7 Å². The maximum atomic E-state index is 13.8. The monoisotopic (exact) mass is 398 g/mol. The normalized spacial score (nSPS) is 15.4. The standard InChI is InChI=1S/C18H24BrFN2O2/c1-3-4-17(23)22-9-7-13(8-10-22)18(24)21(2)12-14-11-15(19)5-6-16(14)20/h5-6,11,13H,3-4,7-10,12H2,1-2H3. The van der Waals surface area contributed by atoms with E-state index < -0.39 is 0 Å². The van der Waals surface area contributed by atoms with Crippen molar-refractivity contribution in [1.29, 1.82) is 0 Å². The van der Waals surface area contributed by atoms with E-state index in [4.69, 9.17) is 0 Å². The molecule has 1 aromatic rings. The number of nitrogens with zero attached hydrogens (tertiary/aromatic N) is 2. The molecular weight excluding hydrogens is 375 g/mol. The van der Waals surface area contributed by atoms with Crippen molar-refractivity contribution in [3.63, 3.8) is 0 Å². The topological polar surface area (TPSA) is 40.6 Å². The molecule has 0 spiro atoms. The van der Waals surface area contributed by atoms with Gasteiger partial charge in [0.15, 0.2) is 0 Å². The molecule has 2 amide bonds. The number of rotatable bonds is 5. The largest absolute Gasteiger partial charge is 0.343 e. The SMILES string of the molecule is CCCC(=O)N1CCC(C(=O)N(C)Cc2cc(Br)ccc2F)CC1. The van der Waals surface area contributed by atoms with E-state index in [1.54, 1.807) is 24.1 Å². The minimum absolute atomic E-state index is 0.0250. The van der Waals surface area contributed by atoms with Crippen molar-refractivity contribution in [2.75, 3.05) is 20.1 Å². The lowest BCUT2D eigenvalue weighted by Gasteiger charge is -2.33. The average molecular weight is 399 g/mol. The molecule has 1 aliphatic heterocycles. The van der Waals surface area contributed by atoms with Crippen molar-refractivity contribution in [2.45, 2.75) is 39.2 Å². The second-order valence-electron chi connectivity index (χ2n) is 6.34. The van der Waals surface area contributed by atoms with Gasteiger partial charge < -0.3 is 9.80 Å². The fourth-order valence-electron chi connectivity index (χ4n) is 3.06. The molecule has 0 aromatic heterocycles. The minimum Gasteiger partial charge on any atom is -0.343 e. The van der Waals surface area contributed by atoms with E-state index in [1.807, 2.05) is 11.8 Å². The number of likely N-dealkylation sites (tertiary alicyclic amines) is 1. The Balaban J connectivity index is 1.90. The summed E-state index contributed by atoms with van der Waals surface area (Å²) in [5.41, 5.74) is 0.496. The van der Waals surface area contributed by atoms with Gasteiger partial charge in [-0.25, -0.2) is 4.39 Å². The van der Waals surface area contributed by atoms with E-state index >= 15 is 0 Å². The number of hydrogen-bond acceptors (Lipinski definition) is 2. The van der Waals surface area contributed by atoms with Gasteiger partial charge in [0.2, 0.25) is 11.8 Å². The van der Waals surface area contributed by atoms with Crippen LogP contribution in [0.25, 0.3) is 0 Å². The molecule has 1 saturated heterocycles. The number of piperidine rings is 1. The summed E-state index contributed by atoms with van der Waals surface area (Å²) in [7, 11) is 1.71. The molecule has 2 rings (SSSR count). The molecule has 6 heteroatoms. The summed E-state index contributed by atoms with van der Waals surface area (Å²) in [4.78, 5) is 27.9. The Morgan fingerprint density at radius 2 is 2.00 bits per heavy atom. The van der Waals surface area contributed by atoms with E-state index in [2.05, 4.69) is 15.9 Å². The zero-order chi connectivity index (χ0) is 17.7. The first-order chi connectivity index (χ1) is 11.4. The second-order valence-corrected chi connectivity index (χ2v) is 7.25. The van der Waals surface area contributed by atoms with Gasteiger partial charge in [-0.2, -0.15) is 0 Å². The average Bonchev–Trinajstić information content (AvgIpc) is 2.57. The fraction of sp³-hybridized carbons (Fsp3) is 0.556. The predicted octanol–water partition coefficient (Wildman–Crippen LogP) is 3.59. The summed E-state index contributed by atoms with van der Waals surface area (Å²) in [6.45, 7) is 3.51. The van der Waals surface area contributed by atoms with E-state index in [9.17, 15) is 14.0 Å². The van der Waals surface area contributed by atoms with Crippen molar-refractivity contribution in [1.82, 2.24) is 9.80 Å². The van der Waals surface area contributed by atoms with Gasteiger partial charge in [-0.3, -0.25) is 9.59 Å². The van der Waals surface area contributed by atoms with Crippen molar-refractivity contribution in [3.8, 4) is 0 Å². The molecular formula is C18H24BrFN2O2. The first kappa shape index (κ1) is 18.9. The van der Waals surface area contributed by atoms with Crippen LogP contribution in [-0.2, 0) is 16.1 Å². The van der Waals surface area contributed by atoms with Crippen LogP contribution in [0.1, 0.15) is 38.2 Å². The fourth-order valence-corrected chi connectivity index (χ4v) is 3.47. The highest BCUT2D eigenvalue weighted by molar-refractivity contribution is 9.10. The molecule has 0 aliphatic carbocycles. The molecule has 1 aromatic carbocycles. The van der Waals surface area contributed by atoms with Crippen LogP contribution >= 0.6 is 15.9 Å². The van der Waals surface area contributed by atoms with E-state index in [-0.39, 0.29) is 30.1 Å². The summed E-state index contributed by atoms with van der Waals surface area (Å²) in [5.74, 6) is -0.196. The summed E-state index contributed by atoms with van der Waals surface area (Å²) in [5, 5.41) is 0. The first-order valence-corrected chi connectivity index (χ1v) is 9.18. The summed E-state index contributed by atoms with van der Waals surface area (Å²) in [6, 6.07) is 4.74. The molecule has 24 heavy (non-hydrogen) atoms. The molecule has 0 saturated carbocycles. The predicted molar refractivity (Wildman–Crippen MR) is 94.8 cm³/mol. The Bertz CT molecular complexity index is 601. The van der Waals surface area contributed by atoms with Gasteiger partial charge in [0.25, 0.3) is 0 Å². The number of benzene rings is 1. The van der Waals surface area contributed by atoms with Crippen LogP contribution in [0.5, 0.6) is 0 Å². The van der Waals surface area contributed by atoms with Crippen LogP contribution in [0.3, 0.4) is 0 Å². The number of halogens is 2. The van der Waals surface area contributed by atoms with Gasteiger partial charge in [-0.1, -0.05) is 22.9 Å². The third-order valence-electron chi connectivity index (χ3n) is 4.45. The maximum absolute atomic E-state index is 13.8. The molecule has 0 N–H and O–H groups in total. The van der Waals surface area contributed by atoms with Gasteiger partial charge in [0, 0.05) is 49.1 Å². The van der Waals surface area contributed by atoms with Crippen molar-refractivity contribution < 1.29 is 14.0 Å². The summed E-state index contributed by atoms with van der Waals surface area (Å²) < 4.78 is 14.6. The molecule has 0 radical (unpaired) electrons. The Labute approximate surface area is 151 Å². The van der Waals surface area contributed by atoms with Gasteiger partial charge in [-0.05, 0) is 37.5 Å². The minimum atomic E-state index is -0.308. The number of carbonyl (C=O) groups is 2. The Morgan fingerprint density at radius 1 is 1.33 bits per heavy atom. The zero-order valence-electron chi connectivity index (χ0n) is 14.2. The molecule has 0 bridgehead atoms. The highest BCUT2D eigenvalue weighted by Gasteiger charge is 2.29. The van der Waals surface area contributed by atoms with Crippen molar-refractivity contribution >= 4 is 27.7 Å². The third kappa shape index (κ3) is 4.79. The number of amides is 2. The quantitative estimate of drug-likeness (QED) is 0.760. The zero-order valence-corrected chi connectivity index (χ0v) is 15.8. The summed E-state index contributed by atoms with van der Waals surface area (Å²) in [6.07, 6.45) is 2.78. The molecule has 1 fully saturated rings. The molecule has 0 atom stereocenters. The highest BCUT2D eigenvalue weighted by atomic mass is 79.9. The van der Waals surface area contributed by atoms with E-state index in [1.165, 1.54) is 6.07 Å². The van der Waals surface area contributed by atoms with Crippen LogP contribution < -0.4 is 0 Å². The lowest BCUT2D eigenvalue weighted by molar-refractivity contribution is -0.140. The van der Waals surface area contributed by atoms with Gasteiger partial charge >= 0.3 is 0 Å². The highest BCUT2D eigenvalue weighted by Crippen LogP contribution is 2.22. The number of hydrogen-bond donors (Lipinski definition) is 0. The van der Waals surface area contributed by atoms with Crippen molar-refractivity contribution in [3.05, 3.63) is 34.1 Å². The van der Waals surface area contributed by atoms with Gasteiger partial charge in [0.05, 0.1) is 0 Å². The molecule has 0 unspecified atom stereocenters. The summed E-state index contributed by atoms with van der Waals surface area (Å²) >= 11 is 3.33. The van der Waals surface area contributed by atoms with Gasteiger partial charge in [-0.15, -0.1) is 0 Å². The second kappa shape index (κ2) is 8.60. The molecule has 4 nitrogen and oxygen atoms in total. The van der Waals surface area contributed by atoms with E-state index in [0.717, 1.165) is 10.9 Å². The van der Waals surface area contributed by atoms with E-state index in [0.29, 0.717) is 37.9 Å². The molecule has 1 aliphatic rings. The molecule has 132 valence electrons. The Morgan fingerprint density at radius 3 is 2.62 bits per heavy atom. The maximum Gasteiger partial charge on any atom is 0.225 e. The first-order valence-electron chi connectivity index (χ1n) is 8.39. The molecule has 1 heterocycles. The number of carbonyl (C=O) groups excluding carboxylic acids is 2. The Hall–Kier alpha value is -1.43. The smallest absolute Gasteiger partial charge is 0.225 e.